The molecule has 2 aromatic rings. The van der Waals surface area contributed by atoms with Crippen LogP contribution in [0.5, 0.6) is 0 Å². The number of nitrogens with two attached hydrogens (primary N) is 1. The molecule has 0 bridgehead atoms. The first kappa shape index (κ1) is 11.9. The quantitative estimate of drug-likeness (QED) is 0.907. The highest BCUT2D eigenvalue weighted by molar-refractivity contribution is 6.31. The average molecular weight is 251 g/mol. The molecule has 4 nitrogen and oxygen atoms in total. The second-order valence-electron chi connectivity index (χ2n) is 3.92. The van der Waals surface area contributed by atoms with Crippen LogP contribution in [0.15, 0.2) is 24.3 Å². The lowest BCUT2D eigenvalue weighted by Crippen LogP contribution is -2.07. The number of aromatic nitrogens is 3. The Balaban J connectivity index is 2.27. The average Bonchev–Trinajstić information content (AvgIpc) is 2.65. The largest absolute Gasteiger partial charge is 0.381 e. The molecule has 5 heteroatoms. The van der Waals surface area contributed by atoms with Crippen LogP contribution >= 0.6 is 11.6 Å². The zero-order valence-electron chi connectivity index (χ0n) is 9.73. The molecule has 0 fully saturated rings. The summed E-state index contributed by atoms with van der Waals surface area (Å²) in [4.78, 5) is 0. The van der Waals surface area contributed by atoms with Crippen molar-refractivity contribution in [3.63, 3.8) is 0 Å². The molecule has 0 aliphatic heterocycles. The van der Waals surface area contributed by atoms with Crippen LogP contribution in [0.1, 0.15) is 24.6 Å². The van der Waals surface area contributed by atoms with Crippen LogP contribution < -0.4 is 5.73 Å². The molecular formula is C12H15ClN4. The molecular weight excluding hydrogens is 236 g/mol. The van der Waals surface area contributed by atoms with Crippen molar-refractivity contribution in [3.8, 4) is 0 Å². The van der Waals surface area contributed by atoms with Crippen molar-refractivity contribution in [2.75, 3.05) is 5.73 Å². The zero-order valence-corrected chi connectivity index (χ0v) is 10.5. The Morgan fingerprint density at radius 3 is 2.82 bits per heavy atom. The second kappa shape index (κ2) is 5.19. The monoisotopic (exact) mass is 250 g/mol. The van der Waals surface area contributed by atoms with Gasteiger partial charge < -0.3 is 5.73 Å². The maximum atomic E-state index is 6.12. The van der Waals surface area contributed by atoms with Gasteiger partial charge in [0, 0.05) is 5.02 Å². The first-order chi connectivity index (χ1) is 8.22. The third-order valence-electron chi connectivity index (χ3n) is 2.63. The van der Waals surface area contributed by atoms with Crippen LogP contribution in [-0.2, 0) is 13.0 Å². The van der Waals surface area contributed by atoms with Crippen LogP contribution in [0.25, 0.3) is 0 Å². The van der Waals surface area contributed by atoms with Crippen molar-refractivity contribution in [1.82, 2.24) is 15.0 Å². The Morgan fingerprint density at radius 2 is 2.12 bits per heavy atom. The van der Waals surface area contributed by atoms with Crippen molar-refractivity contribution >= 4 is 17.4 Å². The Kier molecular flexibility index (Phi) is 3.64. The van der Waals surface area contributed by atoms with Gasteiger partial charge in [-0.15, -0.1) is 5.10 Å². The van der Waals surface area contributed by atoms with Gasteiger partial charge in [-0.2, -0.15) is 0 Å². The Bertz CT molecular complexity index is 507. The molecule has 1 heterocycles. The van der Waals surface area contributed by atoms with Gasteiger partial charge >= 0.3 is 0 Å². The fourth-order valence-electron chi connectivity index (χ4n) is 1.76. The SMILES string of the molecule is CCCc1c(N)nnn1Cc1ccccc1Cl. The van der Waals surface area contributed by atoms with Gasteiger partial charge in [-0.1, -0.05) is 48.4 Å². The molecule has 90 valence electrons. The summed E-state index contributed by atoms with van der Waals surface area (Å²) in [5, 5.41) is 8.70. The van der Waals surface area contributed by atoms with Crippen LogP contribution in [0.3, 0.4) is 0 Å². The molecule has 2 rings (SSSR count). The van der Waals surface area contributed by atoms with Gasteiger partial charge in [0.25, 0.3) is 0 Å². The van der Waals surface area contributed by atoms with E-state index < -0.39 is 0 Å². The van der Waals surface area contributed by atoms with E-state index in [1.165, 1.54) is 0 Å². The number of halogens is 1. The summed E-state index contributed by atoms with van der Waals surface area (Å²) in [5.41, 5.74) is 7.80. The van der Waals surface area contributed by atoms with Gasteiger partial charge in [0.2, 0.25) is 0 Å². The number of benzene rings is 1. The van der Waals surface area contributed by atoms with Gasteiger partial charge in [0.15, 0.2) is 5.82 Å². The number of nitrogen functional groups attached to an aromatic ring is 1. The normalized spacial score (nSPS) is 10.7. The molecule has 0 saturated heterocycles. The molecule has 0 unspecified atom stereocenters. The lowest BCUT2D eigenvalue weighted by Gasteiger charge is -2.07. The van der Waals surface area contributed by atoms with E-state index in [9.17, 15) is 0 Å². The highest BCUT2D eigenvalue weighted by Gasteiger charge is 2.10. The molecule has 0 aliphatic rings. The zero-order chi connectivity index (χ0) is 12.3. The molecule has 0 radical (unpaired) electrons. The molecule has 1 aromatic carbocycles. The standard InChI is InChI=1S/C12H15ClN4/c1-2-5-11-12(14)15-16-17(11)8-9-6-3-4-7-10(9)13/h3-4,6-7H,2,5,8,14H2,1H3. The molecule has 0 atom stereocenters. The second-order valence-corrected chi connectivity index (χ2v) is 4.33. The smallest absolute Gasteiger partial charge is 0.169 e. The van der Waals surface area contributed by atoms with Crippen LogP contribution in [0, 0.1) is 0 Å². The predicted octanol–water partition coefficient (Wildman–Crippen LogP) is 2.51. The molecule has 0 aliphatic carbocycles. The lowest BCUT2D eigenvalue weighted by atomic mass is 10.2. The summed E-state index contributed by atoms with van der Waals surface area (Å²) >= 11 is 6.12. The number of hydrogen-bond donors (Lipinski definition) is 1. The highest BCUT2D eigenvalue weighted by atomic mass is 35.5. The van der Waals surface area contributed by atoms with Crippen molar-refractivity contribution in [2.45, 2.75) is 26.3 Å². The molecule has 17 heavy (non-hydrogen) atoms. The van der Waals surface area contributed by atoms with Gasteiger partial charge in [0.05, 0.1) is 12.2 Å². The van der Waals surface area contributed by atoms with Crippen molar-refractivity contribution < 1.29 is 0 Å². The summed E-state index contributed by atoms with van der Waals surface area (Å²) in [6.07, 6.45) is 1.89. The third kappa shape index (κ3) is 2.58. The third-order valence-corrected chi connectivity index (χ3v) is 3.00. The minimum Gasteiger partial charge on any atom is -0.381 e. The topological polar surface area (TPSA) is 56.7 Å². The van der Waals surface area contributed by atoms with Crippen molar-refractivity contribution in [1.29, 1.82) is 0 Å². The Labute approximate surface area is 105 Å². The van der Waals surface area contributed by atoms with E-state index in [-0.39, 0.29) is 0 Å². The highest BCUT2D eigenvalue weighted by Crippen LogP contribution is 2.18. The number of nitrogens with zero attached hydrogens (tertiary/aromatic N) is 3. The van der Waals surface area contributed by atoms with Crippen LogP contribution in [0.4, 0.5) is 5.82 Å². The predicted molar refractivity (Wildman–Crippen MR) is 69.0 cm³/mol. The van der Waals surface area contributed by atoms with Gasteiger partial charge in [-0.3, -0.25) is 0 Å². The van der Waals surface area contributed by atoms with E-state index >= 15 is 0 Å². The summed E-state index contributed by atoms with van der Waals surface area (Å²) in [7, 11) is 0. The fourth-order valence-corrected chi connectivity index (χ4v) is 1.95. The number of rotatable bonds is 4. The minimum atomic E-state index is 0.513. The molecule has 1 aromatic heterocycles. The molecule has 0 spiro atoms. The molecule has 0 amide bonds. The van der Waals surface area contributed by atoms with Crippen molar-refractivity contribution in [3.05, 3.63) is 40.5 Å². The number of anilines is 1. The van der Waals surface area contributed by atoms with Gasteiger partial charge in [0.1, 0.15) is 0 Å². The first-order valence-corrected chi connectivity index (χ1v) is 6.01. The Hall–Kier alpha value is -1.55. The Morgan fingerprint density at radius 1 is 1.35 bits per heavy atom. The van der Waals surface area contributed by atoms with E-state index in [0.29, 0.717) is 12.4 Å². The summed E-state index contributed by atoms with van der Waals surface area (Å²) in [6, 6.07) is 7.72. The van der Waals surface area contributed by atoms with Gasteiger partial charge in [-0.05, 0) is 18.1 Å². The summed E-state index contributed by atoms with van der Waals surface area (Å²) < 4.78 is 1.82. The summed E-state index contributed by atoms with van der Waals surface area (Å²) in [5.74, 6) is 0.513. The summed E-state index contributed by atoms with van der Waals surface area (Å²) in [6.45, 7) is 2.71. The maximum absolute atomic E-state index is 6.12. The number of hydrogen-bond acceptors (Lipinski definition) is 3. The van der Waals surface area contributed by atoms with Crippen LogP contribution in [-0.4, -0.2) is 15.0 Å². The van der Waals surface area contributed by atoms with Gasteiger partial charge in [-0.25, -0.2) is 4.68 Å². The van der Waals surface area contributed by atoms with E-state index in [1.54, 1.807) is 0 Å². The fraction of sp³-hybridized carbons (Fsp3) is 0.333. The first-order valence-electron chi connectivity index (χ1n) is 5.63. The van der Waals surface area contributed by atoms with E-state index in [4.69, 9.17) is 17.3 Å². The van der Waals surface area contributed by atoms with Crippen LogP contribution in [0.2, 0.25) is 5.02 Å². The molecule has 0 saturated carbocycles. The van der Waals surface area contributed by atoms with Crippen molar-refractivity contribution in [2.24, 2.45) is 0 Å². The van der Waals surface area contributed by atoms with E-state index in [1.807, 2.05) is 28.9 Å². The van der Waals surface area contributed by atoms with E-state index in [0.717, 1.165) is 29.1 Å². The maximum Gasteiger partial charge on any atom is 0.169 e. The lowest BCUT2D eigenvalue weighted by molar-refractivity contribution is 0.613. The van der Waals surface area contributed by atoms with E-state index in [2.05, 4.69) is 17.2 Å². The molecule has 2 N–H and O–H groups in total. The minimum absolute atomic E-state index is 0.513.